The lowest BCUT2D eigenvalue weighted by Crippen LogP contribution is -2.20. The number of fused-ring (bicyclic) bond motifs is 1. The van der Waals surface area contributed by atoms with E-state index in [1.807, 2.05) is 26.0 Å². The number of hydrogen-bond acceptors (Lipinski definition) is 3. The third-order valence-corrected chi connectivity index (χ3v) is 4.48. The molecule has 2 N–H and O–H groups in total. The smallest absolute Gasteiger partial charge is 0.201 e. The molecule has 21 heavy (non-hydrogen) atoms. The van der Waals surface area contributed by atoms with E-state index in [-0.39, 0.29) is 6.10 Å². The molecule has 0 radical (unpaired) electrons. The minimum atomic E-state index is 0.134. The summed E-state index contributed by atoms with van der Waals surface area (Å²) in [6.07, 6.45) is 5.33. The summed E-state index contributed by atoms with van der Waals surface area (Å²) in [6, 6.07) is 6.08. The zero-order chi connectivity index (χ0) is 15.0. The van der Waals surface area contributed by atoms with Gasteiger partial charge in [-0.3, -0.25) is 0 Å². The van der Waals surface area contributed by atoms with Gasteiger partial charge in [0.25, 0.3) is 0 Å². The summed E-state index contributed by atoms with van der Waals surface area (Å²) >= 11 is 0. The Balaban J connectivity index is 2.01. The van der Waals surface area contributed by atoms with E-state index in [2.05, 4.69) is 22.5 Å². The van der Waals surface area contributed by atoms with Gasteiger partial charge < -0.3 is 15.0 Å². The molecule has 4 nitrogen and oxygen atoms in total. The highest BCUT2D eigenvalue weighted by Gasteiger charge is 2.30. The number of imidazole rings is 1. The fraction of sp³-hybridized carbons (Fsp3) is 0.588. The third kappa shape index (κ3) is 2.71. The minimum Gasteiger partial charge on any atom is -0.489 e. The van der Waals surface area contributed by atoms with Crippen LogP contribution in [0.25, 0.3) is 11.0 Å². The van der Waals surface area contributed by atoms with E-state index in [1.165, 1.54) is 25.7 Å². The summed E-state index contributed by atoms with van der Waals surface area (Å²) in [5.41, 5.74) is 8.49. The molecule has 1 heterocycles. The van der Waals surface area contributed by atoms with Gasteiger partial charge in [0, 0.05) is 6.54 Å². The van der Waals surface area contributed by atoms with Crippen molar-refractivity contribution in [3.05, 3.63) is 18.2 Å². The van der Waals surface area contributed by atoms with Crippen LogP contribution < -0.4 is 10.5 Å². The minimum absolute atomic E-state index is 0.134. The van der Waals surface area contributed by atoms with E-state index in [9.17, 15) is 0 Å². The number of anilines is 1. The van der Waals surface area contributed by atoms with E-state index in [1.54, 1.807) is 0 Å². The lowest BCUT2D eigenvalue weighted by Gasteiger charge is -2.24. The van der Waals surface area contributed by atoms with Crippen molar-refractivity contribution < 1.29 is 4.74 Å². The van der Waals surface area contributed by atoms with Crippen molar-refractivity contribution in [1.82, 2.24) is 9.55 Å². The first-order valence-electron chi connectivity index (χ1n) is 7.90. The largest absolute Gasteiger partial charge is 0.489 e. The summed E-state index contributed by atoms with van der Waals surface area (Å²) in [5.74, 6) is 1.42. The molecular weight excluding hydrogens is 262 g/mol. The van der Waals surface area contributed by atoms with Crippen molar-refractivity contribution in [3.63, 3.8) is 0 Å². The number of nitrogens with zero attached hydrogens (tertiary/aromatic N) is 2. The van der Waals surface area contributed by atoms with Crippen LogP contribution in [0.1, 0.15) is 46.5 Å². The van der Waals surface area contributed by atoms with Crippen LogP contribution in [-0.2, 0) is 6.54 Å². The van der Waals surface area contributed by atoms with E-state index >= 15 is 0 Å². The first-order chi connectivity index (χ1) is 9.98. The maximum absolute atomic E-state index is 6.19. The van der Waals surface area contributed by atoms with Gasteiger partial charge in [0.15, 0.2) is 0 Å². The number of para-hydroxylation sites is 1. The number of nitrogens with two attached hydrogens (primary N) is 1. The summed E-state index contributed by atoms with van der Waals surface area (Å²) in [5, 5.41) is 0. The molecule has 0 aliphatic heterocycles. The molecule has 1 aliphatic carbocycles. The fourth-order valence-corrected chi connectivity index (χ4v) is 3.42. The van der Waals surface area contributed by atoms with E-state index in [4.69, 9.17) is 10.5 Å². The van der Waals surface area contributed by atoms with Crippen LogP contribution in [0.3, 0.4) is 0 Å². The highest BCUT2D eigenvalue weighted by Crippen LogP contribution is 2.40. The van der Waals surface area contributed by atoms with Crippen LogP contribution in [0.15, 0.2) is 18.2 Å². The van der Waals surface area contributed by atoms with Gasteiger partial charge in [-0.25, -0.2) is 4.98 Å². The highest BCUT2D eigenvalue weighted by atomic mass is 16.5. The van der Waals surface area contributed by atoms with Crippen LogP contribution in [-0.4, -0.2) is 15.7 Å². The SMILES string of the molecule is CC(C)Oc1cccc2c1nc(N)n2CC1(C)CCCC1. The quantitative estimate of drug-likeness (QED) is 0.925. The van der Waals surface area contributed by atoms with Gasteiger partial charge in [-0.15, -0.1) is 0 Å². The number of nitrogen functional groups attached to an aromatic ring is 1. The zero-order valence-corrected chi connectivity index (χ0v) is 13.2. The predicted octanol–water partition coefficient (Wildman–Crippen LogP) is 3.99. The van der Waals surface area contributed by atoms with Crippen molar-refractivity contribution in [2.24, 2.45) is 5.41 Å². The molecule has 1 saturated carbocycles. The van der Waals surface area contributed by atoms with Gasteiger partial charge in [0.2, 0.25) is 5.95 Å². The summed E-state index contributed by atoms with van der Waals surface area (Å²) in [7, 11) is 0. The Morgan fingerprint density at radius 3 is 2.71 bits per heavy atom. The Hall–Kier alpha value is -1.71. The second kappa shape index (κ2) is 5.24. The van der Waals surface area contributed by atoms with Crippen molar-refractivity contribution in [3.8, 4) is 5.75 Å². The first-order valence-corrected chi connectivity index (χ1v) is 7.90. The zero-order valence-electron chi connectivity index (χ0n) is 13.2. The maximum atomic E-state index is 6.19. The Morgan fingerprint density at radius 2 is 2.05 bits per heavy atom. The molecule has 0 unspecified atom stereocenters. The van der Waals surface area contributed by atoms with E-state index in [0.717, 1.165) is 23.3 Å². The molecule has 1 aliphatic rings. The molecular formula is C17H25N3O. The Labute approximate surface area is 126 Å². The van der Waals surface area contributed by atoms with Crippen LogP contribution >= 0.6 is 0 Å². The van der Waals surface area contributed by atoms with Crippen molar-refractivity contribution in [2.75, 3.05) is 5.73 Å². The summed E-state index contributed by atoms with van der Waals surface area (Å²) < 4.78 is 8.02. The Bertz CT molecular complexity index is 639. The van der Waals surface area contributed by atoms with Crippen LogP contribution in [0, 0.1) is 5.41 Å². The van der Waals surface area contributed by atoms with Crippen molar-refractivity contribution >= 4 is 17.0 Å². The second-order valence-electron chi connectivity index (χ2n) is 6.86. The molecule has 0 bridgehead atoms. The van der Waals surface area contributed by atoms with Gasteiger partial charge in [0.05, 0.1) is 11.6 Å². The van der Waals surface area contributed by atoms with Crippen LogP contribution in [0.2, 0.25) is 0 Å². The summed E-state index contributed by atoms with van der Waals surface area (Å²) in [4.78, 5) is 4.56. The molecule has 0 atom stereocenters. The van der Waals surface area contributed by atoms with Gasteiger partial charge in [-0.05, 0) is 44.2 Å². The molecule has 114 valence electrons. The van der Waals surface area contributed by atoms with Crippen LogP contribution in [0.5, 0.6) is 5.75 Å². The molecule has 4 heteroatoms. The Kier molecular flexibility index (Phi) is 3.56. The number of benzene rings is 1. The third-order valence-electron chi connectivity index (χ3n) is 4.48. The van der Waals surface area contributed by atoms with Gasteiger partial charge in [-0.2, -0.15) is 0 Å². The van der Waals surface area contributed by atoms with Gasteiger partial charge in [0.1, 0.15) is 11.3 Å². The molecule has 1 aromatic carbocycles. The monoisotopic (exact) mass is 287 g/mol. The maximum Gasteiger partial charge on any atom is 0.201 e. The molecule has 0 amide bonds. The average molecular weight is 287 g/mol. The average Bonchev–Trinajstić information content (AvgIpc) is 2.96. The molecule has 3 rings (SSSR count). The second-order valence-corrected chi connectivity index (χ2v) is 6.86. The lowest BCUT2D eigenvalue weighted by atomic mass is 9.89. The van der Waals surface area contributed by atoms with E-state index < -0.39 is 0 Å². The normalized spacial score (nSPS) is 17.7. The van der Waals surface area contributed by atoms with Gasteiger partial charge >= 0.3 is 0 Å². The first kappa shape index (κ1) is 14.2. The highest BCUT2D eigenvalue weighted by molar-refractivity contribution is 5.84. The Morgan fingerprint density at radius 1 is 1.33 bits per heavy atom. The number of hydrogen-bond donors (Lipinski definition) is 1. The molecule has 0 saturated heterocycles. The number of aromatic nitrogens is 2. The molecule has 1 aromatic heterocycles. The van der Waals surface area contributed by atoms with Crippen molar-refractivity contribution in [2.45, 2.75) is 59.1 Å². The number of ether oxygens (including phenoxy) is 1. The van der Waals surface area contributed by atoms with Crippen LogP contribution in [0.4, 0.5) is 5.95 Å². The molecule has 2 aromatic rings. The van der Waals surface area contributed by atoms with Crippen molar-refractivity contribution in [1.29, 1.82) is 0 Å². The number of rotatable bonds is 4. The molecule has 0 spiro atoms. The van der Waals surface area contributed by atoms with Gasteiger partial charge in [-0.1, -0.05) is 25.8 Å². The summed E-state index contributed by atoms with van der Waals surface area (Å²) in [6.45, 7) is 7.36. The molecule has 1 fully saturated rings. The fourth-order valence-electron chi connectivity index (χ4n) is 3.42. The predicted molar refractivity (Wildman–Crippen MR) is 86.5 cm³/mol. The standard InChI is InChI=1S/C17H25N3O/c1-12(2)21-14-8-6-7-13-15(14)19-16(18)20(13)11-17(3)9-4-5-10-17/h6-8,12H,4-5,9-11H2,1-3H3,(H2,18,19). The van der Waals surface area contributed by atoms with E-state index in [0.29, 0.717) is 11.4 Å². The lowest BCUT2D eigenvalue weighted by molar-refractivity contribution is 0.245. The topological polar surface area (TPSA) is 53.1 Å².